The van der Waals surface area contributed by atoms with Gasteiger partial charge in [-0.15, -0.1) is 0 Å². The lowest BCUT2D eigenvalue weighted by Gasteiger charge is -2.41. The van der Waals surface area contributed by atoms with Crippen LogP contribution in [0.25, 0.3) is 0 Å². The van der Waals surface area contributed by atoms with Crippen LogP contribution < -0.4 is 15.5 Å². The molecule has 1 fully saturated rings. The molecule has 0 saturated carbocycles. The number of benzene rings is 2. The number of rotatable bonds is 6. The molecule has 12 heteroatoms. The Bertz CT molecular complexity index is 1100. The van der Waals surface area contributed by atoms with Gasteiger partial charge in [-0.05, 0) is 42.5 Å². The average molecular weight is 493 g/mol. The number of nitrogens with one attached hydrogen (secondary N) is 2. The van der Waals surface area contributed by atoms with Crippen LogP contribution in [0.4, 0.5) is 33.7 Å². The molecule has 1 heterocycles. The molecule has 3 amide bonds. The third kappa shape index (κ3) is 6.39. The minimum absolute atomic E-state index is 0.0245. The topological polar surface area (TPSA) is 97.7 Å². The van der Waals surface area contributed by atoms with Crippen molar-refractivity contribution in [2.24, 2.45) is 0 Å². The maximum absolute atomic E-state index is 13.4. The van der Waals surface area contributed by atoms with Gasteiger partial charge in [0.2, 0.25) is 5.91 Å². The Morgan fingerprint density at radius 2 is 1.89 bits per heavy atom. The Hall–Kier alpha value is -3.85. The fourth-order valence-electron chi connectivity index (χ4n) is 3.67. The first-order chi connectivity index (χ1) is 16.6. The highest BCUT2D eigenvalue weighted by Crippen LogP contribution is 2.35. The lowest BCUT2D eigenvalue weighted by molar-refractivity contribution is -0.137. The molecular weight excluding hydrogens is 470 g/mol. The normalized spacial score (nSPS) is 15.9. The van der Waals surface area contributed by atoms with Crippen molar-refractivity contribution in [3.8, 4) is 6.07 Å². The third-order valence-electron chi connectivity index (χ3n) is 5.44. The van der Waals surface area contributed by atoms with Crippen molar-refractivity contribution >= 4 is 23.3 Å². The molecule has 0 spiro atoms. The van der Waals surface area contributed by atoms with Gasteiger partial charge in [-0.25, -0.2) is 9.18 Å². The number of halogens is 4. The van der Waals surface area contributed by atoms with Crippen LogP contribution in [-0.4, -0.2) is 62.8 Å². The van der Waals surface area contributed by atoms with Crippen LogP contribution in [0.3, 0.4) is 0 Å². The highest BCUT2D eigenvalue weighted by molar-refractivity contribution is 5.94. The van der Waals surface area contributed by atoms with Crippen LogP contribution in [0.5, 0.6) is 0 Å². The SMILES string of the molecule is COCCNC(=O)C1CN(c2ccc(C#N)c(C(F)(F)F)c2)CCN1C(=O)Nc1ccc(F)cc1. The van der Waals surface area contributed by atoms with Gasteiger partial charge in [0.25, 0.3) is 0 Å². The number of hydrogen-bond acceptors (Lipinski definition) is 5. The molecule has 186 valence electrons. The van der Waals surface area contributed by atoms with Crippen molar-refractivity contribution in [2.45, 2.75) is 12.2 Å². The van der Waals surface area contributed by atoms with Crippen LogP contribution in [0.2, 0.25) is 0 Å². The van der Waals surface area contributed by atoms with Gasteiger partial charge >= 0.3 is 12.2 Å². The van der Waals surface area contributed by atoms with Gasteiger partial charge in [0.05, 0.1) is 23.8 Å². The van der Waals surface area contributed by atoms with Gasteiger partial charge in [-0.2, -0.15) is 18.4 Å². The third-order valence-corrected chi connectivity index (χ3v) is 5.44. The van der Waals surface area contributed by atoms with E-state index in [2.05, 4.69) is 10.6 Å². The van der Waals surface area contributed by atoms with Crippen molar-refractivity contribution in [1.82, 2.24) is 10.2 Å². The Morgan fingerprint density at radius 1 is 1.17 bits per heavy atom. The van der Waals surface area contributed by atoms with Crippen molar-refractivity contribution in [3.05, 3.63) is 59.4 Å². The minimum atomic E-state index is -4.73. The summed E-state index contributed by atoms with van der Waals surface area (Å²) in [7, 11) is 1.46. The Morgan fingerprint density at radius 3 is 2.51 bits per heavy atom. The summed E-state index contributed by atoms with van der Waals surface area (Å²) in [6.45, 7) is 0.486. The number of nitriles is 1. The second-order valence-corrected chi connectivity index (χ2v) is 7.72. The zero-order valence-corrected chi connectivity index (χ0v) is 18.7. The molecule has 1 unspecified atom stereocenters. The van der Waals surface area contributed by atoms with E-state index in [-0.39, 0.29) is 38.5 Å². The number of methoxy groups -OCH3 is 1. The largest absolute Gasteiger partial charge is 0.417 e. The molecule has 35 heavy (non-hydrogen) atoms. The van der Waals surface area contributed by atoms with Gasteiger partial charge in [0.15, 0.2) is 0 Å². The fraction of sp³-hybridized carbons (Fsp3) is 0.348. The van der Waals surface area contributed by atoms with Crippen molar-refractivity contribution in [2.75, 3.05) is 50.1 Å². The summed E-state index contributed by atoms with van der Waals surface area (Å²) < 4.78 is 58.4. The highest BCUT2D eigenvalue weighted by Gasteiger charge is 2.38. The molecule has 0 aliphatic carbocycles. The number of urea groups is 1. The Kier molecular flexibility index (Phi) is 8.14. The van der Waals surface area contributed by atoms with E-state index in [0.29, 0.717) is 5.69 Å². The van der Waals surface area contributed by atoms with E-state index in [4.69, 9.17) is 10.00 Å². The first-order valence-corrected chi connectivity index (χ1v) is 10.6. The second kappa shape index (κ2) is 11.1. The summed E-state index contributed by atoms with van der Waals surface area (Å²) in [5.41, 5.74) is -1.09. The maximum Gasteiger partial charge on any atom is 0.417 e. The van der Waals surface area contributed by atoms with Gasteiger partial charge in [0, 0.05) is 44.7 Å². The molecule has 1 aliphatic rings. The summed E-state index contributed by atoms with van der Waals surface area (Å²) in [6, 6.07) is 8.30. The van der Waals surface area contributed by atoms with E-state index in [9.17, 15) is 27.2 Å². The molecule has 0 bridgehead atoms. The quantitative estimate of drug-likeness (QED) is 0.476. The standard InChI is InChI=1S/C23H23F4N5O3/c1-35-11-8-29-21(33)20-14-31(18-7-2-15(13-28)19(12-18)23(25,26)27)9-10-32(20)22(34)30-17-5-3-16(24)4-6-17/h2-7,12,20H,8-11,14H2,1H3,(H,29,33)(H,30,34). The minimum Gasteiger partial charge on any atom is -0.383 e. The summed E-state index contributed by atoms with van der Waals surface area (Å²) in [4.78, 5) is 28.7. The number of carbonyl (C=O) groups is 2. The number of anilines is 2. The molecule has 3 rings (SSSR count). The predicted octanol–water partition coefficient (Wildman–Crippen LogP) is 3.20. The number of ether oxygens (including phenoxy) is 1. The average Bonchev–Trinajstić information content (AvgIpc) is 2.84. The zero-order chi connectivity index (χ0) is 25.6. The number of carbonyl (C=O) groups excluding carboxylic acids is 2. The molecule has 0 radical (unpaired) electrons. The van der Waals surface area contributed by atoms with Gasteiger partial charge in [0.1, 0.15) is 11.9 Å². The lowest BCUT2D eigenvalue weighted by Crippen LogP contribution is -2.61. The first kappa shape index (κ1) is 25.8. The van der Waals surface area contributed by atoms with Crippen LogP contribution in [-0.2, 0) is 15.7 Å². The van der Waals surface area contributed by atoms with Crippen LogP contribution in [0.1, 0.15) is 11.1 Å². The van der Waals surface area contributed by atoms with E-state index < -0.39 is 41.1 Å². The van der Waals surface area contributed by atoms with E-state index in [1.807, 2.05) is 0 Å². The number of hydrogen-bond donors (Lipinski definition) is 2. The molecule has 1 atom stereocenters. The van der Waals surface area contributed by atoms with Crippen molar-refractivity contribution in [3.63, 3.8) is 0 Å². The van der Waals surface area contributed by atoms with Crippen molar-refractivity contribution < 1.29 is 31.9 Å². The van der Waals surface area contributed by atoms with E-state index >= 15 is 0 Å². The number of amides is 3. The molecule has 2 aromatic carbocycles. The molecule has 1 saturated heterocycles. The Labute approximate surface area is 199 Å². The van der Waals surface area contributed by atoms with E-state index in [0.717, 1.165) is 12.1 Å². The maximum atomic E-state index is 13.4. The summed E-state index contributed by atoms with van der Waals surface area (Å²) in [5, 5.41) is 14.3. The van der Waals surface area contributed by atoms with Crippen LogP contribution in [0.15, 0.2) is 42.5 Å². The number of nitrogens with zero attached hydrogens (tertiary/aromatic N) is 3. The summed E-state index contributed by atoms with van der Waals surface area (Å²) >= 11 is 0. The van der Waals surface area contributed by atoms with Crippen LogP contribution >= 0.6 is 0 Å². The second-order valence-electron chi connectivity index (χ2n) is 7.72. The van der Waals surface area contributed by atoms with E-state index in [1.165, 1.54) is 48.4 Å². The smallest absolute Gasteiger partial charge is 0.383 e. The van der Waals surface area contributed by atoms with Crippen LogP contribution in [0, 0.1) is 17.1 Å². The number of alkyl halides is 3. The lowest BCUT2D eigenvalue weighted by atomic mass is 10.0. The first-order valence-electron chi connectivity index (χ1n) is 10.6. The predicted molar refractivity (Wildman–Crippen MR) is 119 cm³/mol. The van der Waals surface area contributed by atoms with Gasteiger partial charge < -0.3 is 25.2 Å². The molecule has 1 aliphatic heterocycles. The molecular formula is C23H23F4N5O3. The molecule has 8 nitrogen and oxygen atoms in total. The summed E-state index contributed by atoms with van der Waals surface area (Å²) in [6.07, 6.45) is -4.73. The highest BCUT2D eigenvalue weighted by atomic mass is 19.4. The van der Waals surface area contributed by atoms with E-state index in [1.54, 1.807) is 4.90 Å². The van der Waals surface area contributed by atoms with Gasteiger partial charge in [-0.3, -0.25) is 4.79 Å². The summed E-state index contributed by atoms with van der Waals surface area (Å²) in [5.74, 6) is -0.988. The fourth-order valence-corrected chi connectivity index (χ4v) is 3.67. The zero-order valence-electron chi connectivity index (χ0n) is 18.7. The molecule has 2 N–H and O–H groups in total. The van der Waals surface area contributed by atoms with Gasteiger partial charge in [-0.1, -0.05) is 0 Å². The molecule has 2 aromatic rings. The number of piperazine rings is 1. The van der Waals surface area contributed by atoms with Crippen molar-refractivity contribution in [1.29, 1.82) is 5.26 Å². The molecule has 0 aromatic heterocycles. The monoisotopic (exact) mass is 493 g/mol. The Balaban J connectivity index is 1.84.